The lowest BCUT2D eigenvalue weighted by atomic mass is 9.95. The Morgan fingerprint density at radius 3 is 2.62 bits per heavy atom. The van der Waals surface area contributed by atoms with Crippen molar-refractivity contribution in [2.24, 2.45) is 5.16 Å². The van der Waals surface area contributed by atoms with Crippen LogP contribution in [0.1, 0.15) is 26.7 Å². The molecule has 0 radical (unpaired) electrons. The summed E-state index contributed by atoms with van der Waals surface area (Å²) in [7, 11) is 0. The molecule has 1 aromatic heterocycles. The highest BCUT2D eigenvalue weighted by Gasteiger charge is 2.27. The Bertz CT molecular complexity index is 264. The first-order valence-electron chi connectivity index (χ1n) is 4.32. The molecule has 1 N–H and O–H groups in total. The van der Waals surface area contributed by atoms with Gasteiger partial charge in [-0.2, -0.15) is 5.10 Å². The third-order valence-corrected chi connectivity index (χ3v) is 2.40. The lowest BCUT2D eigenvalue weighted by molar-refractivity contribution is 0.294. The molecule has 0 amide bonds. The van der Waals surface area contributed by atoms with Crippen LogP contribution in [0.3, 0.4) is 0 Å². The van der Waals surface area contributed by atoms with E-state index in [1.54, 1.807) is 11.0 Å². The molecular formula is C8H14N4O. The van der Waals surface area contributed by atoms with E-state index in [2.05, 4.69) is 15.2 Å². The van der Waals surface area contributed by atoms with Gasteiger partial charge in [-0.05, 0) is 12.8 Å². The van der Waals surface area contributed by atoms with Gasteiger partial charge in [0.25, 0.3) is 0 Å². The fourth-order valence-corrected chi connectivity index (χ4v) is 1.36. The fraction of sp³-hybridized carbons (Fsp3) is 0.625. The maximum atomic E-state index is 8.57. The zero-order chi connectivity index (χ0) is 9.73. The molecule has 5 nitrogen and oxygen atoms in total. The van der Waals surface area contributed by atoms with Crippen LogP contribution in [0.15, 0.2) is 17.8 Å². The smallest absolute Gasteiger partial charge is 0.137 e. The first kappa shape index (κ1) is 9.70. The van der Waals surface area contributed by atoms with Gasteiger partial charge in [0.2, 0.25) is 0 Å². The molecule has 1 aromatic rings. The van der Waals surface area contributed by atoms with E-state index < -0.39 is 0 Å². The van der Waals surface area contributed by atoms with Crippen LogP contribution in [0.2, 0.25) is 0 Å². The number of hydrogen-bond donors (Lipinski definition) is 1. The number of aromatic nitrogens is 3. The molecule has 0 aliphatic rings. The van der Waals surface area contributed by atoms with Crippen molar-refractivity contribution in [1.82, 2.24) is 14.8 Å². The van der Waals surface area contributed by atoms with Crippen molar-refractivity contribution in [2.45, 2.75) is 32.2 Å². The van der Waals surface area contributed by atoms with Crippen molar-refractivity contribution in [3.8, 4) is 0 Å². The maximum Gasteiger partial charge on any atom is 0.137 e. The second kappa shape index (κ2) is 4.02. The van der Waals surface area contributed by atoms with Crippen molar-refractivity contribution in [3.05, 3.63) is 12.7 Å². The van der Waals surface area contributed by atoms with E-state index in [4.69, 9.17) is 5.21 Å². The SMILES string of the molecule is CCC(/C=N/O)(CC)n1cncn1. The van der Waals surface area contributed by atoms with Crippen LogP contribution >= 0.6 is 0 Å². The third kappa shape index (κ3) is 1.68. The van der Waals surface area contributed by atoms with Gasteiger partial charge in [-0.25, -0.2) is 9.67 Å². The Labute approximate surface area is 77.1 Å². The van der Waals surface area contributed by atoms with Crippen LogP contribution in [0, 0.1) is 0 Å². The molecule has 0 saturated carbocycles. The van der Waals surface area contributed by atoms with E-state index >= 15 is 0 Å². The van der Waals surface area contributed by atoms with Crippen LogP contribution in [0.25, 0.3) is 0 Å². The molecular weight excluding hydrogens is 168 g/mol. The van der Waals surface area contributed by atoms with E-state index in [1.165, 1.54) is 12.5 Å². The highest BCUT2D eigenvalue weighted by Crippen LogP contribution is 2.21. The Morgan fingerprint density at radius 2 is 2.23 bits per heavy atom. The standard InChI is InChI=1S/C8H14N4O/c1-3-8(4-2,5-11-13)12-7-9-6-10-12/h5-7,13H,3-4H2,1-2H3/b11-5+. The van der Waals surface area contributed by atoms with Crippen LogP contribution in [0.4, 0.5) is 0 Å². The van der Waals surface area contributed by atoms with Crippen molar-refractivity contribution >= 4 is 6.21 Å². The molecule has 0 aliphatic heterocycles. The molecule has 1 heterocycles. The lowest BCUT2D eigenvalue weighted by Gasteiger charge is -2.26. The van der Waals surface area contributed by atoms with Gasteiger partial charge in [0.1, 0.15) is 18.2 Å². The summed E-state index contributed by atoms with van der Waals surface area (Å²) in [5.41, 5.74) is -0.342. The number of rotatable bonds is 4. The van der Waals surface area contributed by atoms with E-state index in [0.717, 1.165) is 12.8 Å². The summed E-state index contributed by atoms with van der Waals surface area (Å²) < 4.78 is 1.72. The predicted molar refractivity (Wildman–Crippen MR) is 48.9 cm³/mol. The second-order valence-corrected chi connectivity index (χ2v) is 2.90. The molecule has 13 heavy (non-hydrogen) atoms. The molecule has 1 rings (SSSR count). The van der Waals surface area contributed by atoms with Crippen LogP contribution in [-0.4, -0.2) is 26.2 Å². The highest BCUT2D eigenvalue weighted by atomic mass is 16.4. The minimum atomic E-state index is -0.342. The monoisotopic (exact) mass is 182 g/mol. The minimum Gasteiger partial charge on any atom is -0.411 e. The average Bonchev–Trinajstić information content (AvgIpc) is 2.68. The van der Waals surface area contributed by atoms with Crippen molar-refractivity contribution in [1.29, 1.82) is 0 Å². The van der Waals surface area contributed by atoms with E-state index in [9.17, 15) is 0 Å². The summed E-state index contributed by atoms with van der Waals surface area (Å²) in [5.74, 6) is 0. The molecule has 0 atom stereocenters. The van der Waals surface area contributed by atoms with Gasteiger partial charge in [-0.3, -0.25) is 0 Å². The summed E-state index contributed by atoms with van der Waals surface area (Å²) >= 11 is 0. The van der Waals surface area contributed by atoms with Crippen LogP contribution in [0.5, 0.6) is 0 Å². The van der Waals surface area contributed by atoms with Gasteiger partial charge < -0.3 is 5.21 Å². The van der Waals surface area contributed by atoms with Gasteiger partial charge in [0, 0.05) is 0 Å². The summed E-state index contributed by atoms with van der Waals surface area (Å²) in [6.07, 6.45) is 6.25. The first-order chi connectivity index (χ1) is 6.29. The average molecular weight is 182 g/mol. The summed E-state index contributed by atoms with van der Waals surface area (Å²) in [6, 6.07) is 0. The summed E-state index contributed by atoms with van der Waals surface area (Å²) in [6.45, 7) is 4.04. The van der Waals surface area contributed by atoms with Gasteiger partial charge in [0.05, 0.1) is 6.21 Å². The van der Waals surface area contributed by atoms with Crippen molar-refractivity contribution in [2.75, 3.05) is 0 Å². The van der Waals surface area contributed by atoms with Crippen LogP contribution in [-0.2, 0) is 5.54 Å². The van der Waals surface area contributed by atoms with Gasteiger partial charge in [0.15, 0.2) is 0 Å². The van der Waals surface area contributed by atoms with Gasteiger partial charge >= 0.3 is 0 Å². The normalized spacial score (nSPS) is 12.5. The van der Waals surface area contributed by atoms with Crippen molar-refractivity contribution in [3.63, 3.8) is 0 Å². The Balaban J connectivity index is 3.03. The highest BCUT2D eigenvalue weighted by molar-refractivity contribution is 5.66. The molecule has 0 aliphatic carbocycles. The summed E-state index contributed by atoms with van der Waals surface area (Å²) in [4.78, 5) is 3.87. The molecule has 5 heteroatoms. The number of oxime groups is 1. The minimum absolute atomic E-state index is 0.342. The molecule has 72 valence electrons. The molecule has 0 unspecified atom stereocenters. The predicted octanol–water partition coefficient (Wildman–Crippen LogP) is 1.25. The molecule has 0 fully saturated rings. The van der Waals surface area contributed by atoms with E-state index in [-0.39, 0.29) is 5.54 Å². The Morgan fingerprint density at radius 1 is 1.54 bits per heavy atom. The fourth-order valence-electron chi connectivity index (χ4n) is 1.36. The second-order valence-electron chi connectivity index (χ2n) is 2.90. The molecule has 0 aromatic carbocycles. The number of hydrogen-bond acceptors (Lipinski definition) is 4. The molecule has 0 saturated heterocycles. The molecule has 0 spiro atoms. The lowest BCUT2D eigenvalue weighted by Crippen LogP contribution is -2.34. The maximum absolute atomic E-state index is 8.57. The Hall–Kier alpha value is -1.39. The summed E-state index contributed by atoms with van der Waals surface area (Å²) in [5, 5.41) is 15.7. The largest absolute Gasteiger partial charge is 0.411 e. The zero-order valence-corrected chi connectivity index (χ0v) is 7.88. The van der Waals surface area contributed by atoms with E-state index in [1.807, 2.05) is 13.8 Å². The topological polar surface area (TPSA) is 63.3 Å². The number of nitrogens with zero attached hydrogens (tertiary/aromatic N) is 4. The van der Waals surface area contributed by atoms with Crippen molar-refractivity contribution < 1.29 is 5.21 Å². The Kier molecular flexibility index (Phi) is 3.00. The van der Waals surface area contributed by atoms with Crippen LogP contribution < -0.4 is 0 Å². The first-order valence-corrected chi connectivity index (χ1v) is 4.32. The zero-order valence-electron chi connectivity index (χ0n) is 7.88. The third-order valence-electron chi connectivity index (χ3n) is 2.40. The van der Waals surface area contributed by atoms with Gasteiger partial charge in [-0.1, -0.05) is 19.0 Å². The van der Waals surface area contributed by atoms with E-state index in [0.29, 0.717) is 0 Å². The van der Waals surface area contributed by atoms with Gasteiger partial charge in [-0.15, -0.1) is 0 Å². The molecule has 0 bridgehead atoms. The quantitative estimate of drug-likeness (QED) is 0.433.